The molecule has 2 heteroatoms. The molecule has 1 aliphatic carbocycles. The Morgan fingerprint density at radius 2 is 1.69 bits per heavy atom. The first kappa shape index (κ1) is 12.4. The van der Waals surface area contributed by atoms with Crippen LogP contribution in [0.3, 0.4) is 0 Å². The summed E-state index contributed by atoms with van der Waals surface area (Å²) in [5.74, 6) is 0.821. The van der Waals surface area contributed by atoms with Gasteiger partial charge in [0.05, 0.1) is 6.10 Å². The summed E-state index contributed by atoms with van der Waals surface area (Å²) in [5.41, 5.74) is -0.0209. The van der Waals surface area contributed by atoms with Crippen LogP contribution in [-0.2, 0) is 0 Å². The van der Waals surface area contributed by atoms with Crippen molar-refractivity contribution in [1.82, 2.24) is 4.90 Å². The van der Waals surface area contributed by atoms with E-state index in [-0.39, 0.29) is 11.6 Å². The maximum Gasteiger partial charge on any atom is 0.0721 e. The van der Waals surface area contributed by atoms with E-state index in [1.807, 2.05) is 0 Å². The third kappa shape index (κ3) is 2.98. The van der Waals surface area contributed by atoms with Gasteiger partial charge in [-0.25, -0.2) is 0 Å². The van der Waals surface area contributed by atoms with Crippen molar-refractivity contribution in [2.75, 3.05) is 13.1 Å². The first-order valence-corrected chi connectivity index (χ1v) is 7.04. The summed E-state index contributed by atoms with van der Waals surface area (Å²) in [4.78, 5) is 2.52. The van der Waals surface area contributed by atoms with Crippen LogP contribution >= 0.6 is 0 Å². The normalized spacial score (nSPS) is 26.4. The molecule has 1 saturated carbocycles. The monoisotopic (exact) mass is 225 g/mol. The Kier molecular flexibility index (Phi) is 3.91. The minimum atomic E-state index is -0.141. The van der Waals surface area contributed by atoms with Gasteiger partial charge in [-0.05, 0) is 52.1 Å². The van der Waals surface area contributed by atoms with Crippen LogP contribution in [0.25, 0.3) is 0 Å². The molecule has 2 nitrogen and oxygen atoms in total. The molecule has 2 aliphatic rings. The average molecular weight is 225 g/mol. The van der Waals surface area contributed by atoms with Crippen LogP contribution in [0.2, 0.25) is 0 Å². The van der Waals surface area contributed by atoms with Crippen LogP contribution in [0, 0.1) is 5.92 Å². The fourth-order valence-corrected chi connectivity index (χ4v) is 2.82. The zero-order chi connectivity index (χ0) is 11.6. The Hall–Kier alpha value is -0.0800. The maximum absolute atomic E-state index is 10.4. The Labute approximate surface area is 100 Å². The largest absolute Gasteiger partial charge is 0.391 e. The first-order chi connectivity index (χ1) is 7.60. The van der Waals surface area contributed by atoms with Crippen LogP contribution in [0.1, 0.15) is 58.8 Å². The standard InChI is InChI=1S/C14H27NO/c1-14(2,13(16)11-12-7-8-12)15-9-5-3-4-6-10-15/h12-13,16H,3-11H2,1-2H3. The molecule has 1 heterocycles. The van der Waals surface area contributed by atoms with Crippen molar-refractivity contribution in [3.63, 3.8) is 0 Å². The van der Waals surface area contributed by atoms with E-state index < -0.39 is 0 Å². The molecule has 0 bridgehead atoms. The lowest BCUT2D eigenvalue weighted by Crippen LogP contribution is -2.52. The number of likely N-dealkylation sites (tertiary alicyclic amines) is 1. The van der Waals surface area contributed by atoms with E-state index in [9.17, 15) is 5.11 Å². The first-order valence-electron chi connectivity index (χ1n) is 7.04. The van der Waals surface area contributed by atoms with Crippen molar-refractivity contribution in [3.05, 3.63) is 0 Å². The molecule has 1 aliphatic heterocycles. The molecule has 1 unspecified atom stereocenters. The molecule has 2 rings (SSSR count). The van der Waals surface area contributed by atoms with Crippen molar-refractivity contribution in [2.24, 2.45) is 5.92 Å². The minimum absolute atomic E-state index is 0.0209. The summed E-state index contributed by atoms with van der Waals surface area (Å²) < 4.78 is 0. The molecule has 0 aromatic carbocycles. The van der Waals surface area contributed by atoms with Crippen LogP contribution in [0.15, 0.2) is 0 Å². The summed E-state index contributed by atoms with van der Waals surface area (Å²) in [6.07, 6.45) is 8.90. The molecule has 0 radical (unpaired) electrons. The van der Waals surface area contributed by atoms with Gasteiger partial charge in [-0.15, -0.1) is 0 Å². The van der Waals surface area contributed by atoms with Gasteiger partial charge in [0.15, 0.2) is 0 Å². The van der Waals surface area contributed by atoms with Crippen LogP contribution in [-0.4, -0.2) is 34.7 Å². The lowest BCUT2D eigenvalue weighted by molar-refractivity contribution is -0.0155. The van der Waals surface area contributed by atoms with Crippen LogP contribution < -0.4 is 0 Å². The van der Waals surface area contributed by atoms with Gasteiger partial charge >= 0.3 is 0 Å². The molecule has 0 aromatic heterocycles. The highest BCUT2D eigenvalue weighted by Crippen LogP contribution is 2.37. The Morgan fingerprint density at radius 1 is 1.12 bits per heavy atom. The van der Waals surface area contributed by atoms with E-state index in [1.165, 1.54) is 51.6 Å². The number of aliphatic hydroxyl groups is 1. The van der Waals surface area contributed by atoms with Crippen LogP contribution in [0.5, 0.6) is 0 Å². The molecule has 0 aromatic rings. The Morgan fingerprint density at radius 3 is 2.19 bits per heavy atom. The molecule has 16 heavy (non-hydrogen) atoms. The summed E-state index contributed by atoms with van der Waals surface area (Å²) in [7, 11) is 0. The molecule has 94 valence electrons. The number of aliphatic hydroxyl groups excluding tert-OH is 1. The van der Waals surface area contributed by atoms with E-state index in [0.717, 1.165) is 12.3 Å². The van der Waals surface area contributed by atoms with Gasteiger partial charge in [0.2, 0.25) is 0 Å². The fourth-order valence-electron chi connectivity index (χ4n) is 2.82. The van der Waals surface area contributed by atoms with Crippen LogP contribution in [0.4, 0.5) is 0 Å². The maximum atomic E-state index is 10.4. The summed E-state index contributed by atoms with van der Waals surface area (Å²) in [6, 6.07) is 0. The number of hydrogen-bond donors (Lipinski definition) is 1. The van der Waals surface area contributed by atoms with Crippen molar-refractivity contribution < 1.29 is 5.11 Å². The van der Waals surface area contributed by atoms with Gasteiger partial charge in [-0.1, -0.05) is 25.7 Å². The smallest absolute Gasteiger partial charge is 0.0721 e. The minimum Gasteiger partial charge on any atom is -0.391 e. The molecule has 2 fully saturated rings. The lowest BCUT2D eigenvalue weighted by Gasteiger charge is -2.41. The predicted molar refractivity (Wildman–Crippen MR) is 67.5 cm³/mol. The van der Waals surface area contributed by atoms with Gasteiger partial charge in [-0.2, -0.15) is 0 Å². The van der Waals surface area contributed by atoms with E-state index in [4.69, 9.17) is 0 Å². The lowest BCUT2D eigenvalue weighted by atomic mass is 9.90. The topological polar surface area (TPSA) is 23.5 Å². The molecular formula is C14H27NO. The van der Waals surface area contributed by atoms with Crippen molar-refractivity contribution in [1.29, 1.82) is 0 Å². The molecule has 1 saturated heterocycles. The third-order valence-corrected chi connectivity index (χ3v) is 4.49. The predicted octanol–water partition coefficient (Wildman–Crippen LogP) is 2.80. The van der Waals surface area contributed by atoms with Gasteiger partial charge in [0.25, 0.3) is 0 Å². The molecule has 1 atom stereocenters. The van der Waals surface area contributed by atoms with Crippen molar-refractivity contribution in [3.8, 4) is 0 Å². The number of nitrogens with zero attached hydrogens (tertiary/aromatic N) is 1. The zero-order valence-electron chi connectivity index (χ0n) is 10.9. The zero-order valence-corrected chi connectivity index (χ0v) is 10.9. The highest BCUT2D eigenvalue weighted by atomic mass is 16.3. The quantitative estimate of drug-likeness (QED) is 0.795. The SMILES string of the molecule is CC(C)(C(O)CC1CC1)N1CCCCCC1. The highest BCUT2D eigenvalue weighted by Gasteiger charge is 2.37. The Bertz CT molecular complexity index is 215. The molecule has 1 N–H and O–H groups in total. The molecule has 0 spiro atoms. The second-order valence-corrected chi connectivity index (χ2v) is 6.25. The van der Waals surface area contributed by atoms with Gasteiger partial charge in [-0.3, -0.25) is 4.90 Å². The number of rotatable bonds is 4. The van der Waals surface area contributed by atoms with E-state index in [0.29, 0.717) is 0 Å². The van der Waals surface area contributed by atoms with Gasteiger partial charge in [0.1, 0.15) is 0 Å². The fraction of sp³-hybridized carbons (Fsp3) is 1.00. The summed E-state index contributed by atoms with van der Waals surface area (Å²) >= 11 is 0. The van der Waals surface area contributed by atoms with E-state index >= 15 is 0 Å². The summed E-state index contributed by atoms with van der Waals surface area (Å²) in [6.45, 7) is 6.81. The second kappa shape index (κ2) is 5.05. The average Bonchev–Trinajstić information content (AvgIpc) is 3.02. The Balaban J connectivity index is 1.91. The second-order valence-electron chi connectivity index (χ2n) is 6.25. The summed E-state index contributed by atoms with van der Waals surface area (Å²) in [5, 5.41) is 10.4. The molecular weight excluding hydrogens is 198 g/mol. The van der Waals surface area contributed by atoms with E-state index in [1.54, 1.807) is 0 Å². The molecule has 0 amide bonds. The van der Waals surface area contributed by atoms with Gasteiger partial charge in [0, 0.05) is 5.54 Å². The van der Waals surface area contributed by atoms with E-state index in [2.05, 4.69) is 18.7 Å². The highest BCUT2D eigenvalue weighted by molar-refractivity contribution is 4.92. The van der Waals surface area contributed by atoms with Crippen molar-refractivity contribution >= 4 is 0 Å². The third-order valence-electron chi connectivity index (χ3n) is 4.49. The van der Waals surface area contributed by atoms with Gasteiger partial charge < -0.3 is 5.11 Å². The van der Waals surface area contributed by atoms with Crippen molar-refractivity contribution in [2.45, 2.75) is 70.4 Å². The number of hydrogen-bond acceptors (Lipinski definition) is 2.